The first kappa shape index (κ1) is 20.7. The number of amides is 1. The van der Waals surface area contributed by atoms with E-state index in [1.54, 1.807) is 4.90 Å². The molecule has 26 heavy (non-hydrogen) atoms. The number of aryl methyl sites for hydroxylation is 1. The first-order valence-corrected chi connectivity index (χ1v) is 10.8. The van der Waals surface area contributed by atoms with Crippen LogP contribution in [0.25, 0.3) is 0 Å². The molecule has 2 atom stereocenters. The summed E-state index contributed by atoms with van der Waals surface area (Å²) in [6, 6.07) is 7.94. The Morgan fingerprint density at radius 3 is 2.42 bits per heavy atom. The molecular weight excluding hydrogens is 354 g/mol. The maximum Gasteiger partial charge on any atom is 0.410 e. The number of ether oxygens (including phenoxy) is 2. The first-order valence-electron chi connectivity index (χ1n) is 8.77. The van der Waals surface area contributed by atoms with Crippen LogP contribution in [-0.2, 0) is 25.7 Å². The van der Waals surface area contributed by atoms with Crippen molar-refractivity contribution in [3.8, 4) is 0 Å². The summed E-state index contributed by atoms with van der Waals surface area (Å²) in [4.78, 5) is 14.3. The van der Waals surface area contributed by atoms with Crippen LogP contribution < -0.4 is 0 Å². The molecule has 1 fully saturated rings. The third kappa shape index (κ3) is 6.61. The lowest BCUT2D eigenvalue weighted by Gasteiger charge is -2.40. The topological polar surface area (TPSA) is 72.9 Å². The Hall–Kier alpha value is -1.60. The van der Waals surface area contributed by atoms with Crippen molar-refractivity contribution in [2.75, 3.05) is 25.2 Å². The van der Waals surface area contributed by atoms with Gasteiger partial charge in [-0.2, -0.15) is 0 Å². The summed E-state index contributed by atoms with van der Waals surface area (Å²) >= 11 is 0. The van der Waals surface area contributed by atoms with Crippen LogP contribution in [0.3, 0.4) is 0 Å². The van der Waals surface area contributed by atoms with Crippen molar-refractivity contribution >= 4 is 15.9 Å². The number of morpholine rings is 1. The molecule has 1 amide bonds. The van der Waals surface area contributed by atoms with E-state index in [4.69, 9.17) is 9.47 Å². The van der Waals surface area contributed by atoms with Crippen molar-refractivity contribution < 1.29 is 22.7 Å². The summed E-state index contributed by atoms with van der Waals surface area (Å²) in [5.74, 6) is -0.108. The van der Waals surface area contributed by atoms with E-state index in [2.05, 4.69) is 0 Å². The van der Waals surface area contributed by atoms with Crippen molar-refractivity contribution in [2.24, 2.45) is 0 Å². The predicted molar refractivity (Wildman–Crippen MR) is 101 cm³/mol. The molecule has 1 aliphatic heterocycles. The van der Waals surface area contributed by atoms with Gasteiger partial charge >= 0.3 is 6.09 Å². The maximum absolute atomic E-state index is 12.7. The van der Waals surface area contributed by atoms with Crippen molar-refractivity contribution in [2.45, 2.75) is 51.9 Å². The van der Waals surface area contributed by atoms with Gasteiger partial charge in [-0.05, 0) is 39.7 Å². The number of rotatable bonds is 4. The lowest BCUT2D eigenvalue weighted by atomic mass is 10.0. The van der Waals surface area contributed by atoms with Gasteiger partial charge in [0.1, 0.15) is 15.4 Å². The van der Waals surface area contributed by atoms with Crippen LogP contribution in [0.4, 0.5) is 4.79 Å². The fourth-order valence-electron chi connectivity index (χ4n) is 2.91. The van der Waals surface area contributed by atoms with E-state index >= 15 is 0 Å². The summed E-state index contributed by atoms with van der Waals surface area (Å²) in [6.45, 7) is 7.96. The van der Waals surface area contributed by atoms with Gasteiger partial charge in [-0.1, -0.05) is 29.8 Å². The standard InChI is InChI=1S/C19H29NO5S/c1-14-6-8-15(9-7-14)10-16-12-24-17(13-26(5,22)23)11-20(16)18(21)25-19(2,3)4/h6-9,16-17H,10-13H2,1-5H3/t16-,17+/m0/s1. The maximum atomic E-state index is 12.7. The Morgan fingerprint density at radius 2 is 1.88 bits per heavy atom. The van der Waals surface area contributed by atoms with Crippen LogP contribution in [0.5, 0.6) is 0 Å². The highest BCUT2D eigenvalue weighted by Gasteiger charge is 2.36. The molecule has 1 heterocycles. The molecule has 0 aliphatic carbocycles. The third-order valence-corrected chi connectivity index (χ3v) is 5.05. The average molecular weight is 384 g/mol. The Bertz CT molecular complexity index is 721. The quantitative estimate of drug-likeness (QED) is 0.799. The molecule has 1 aliphatic rings. The molecule has 6 nitrogen and oxygen atoms in total. The minimum absolute atomic E-state index is 0.108. The van der Waals surface area contributed by atoms with E-state index in [1.165, 1.54) is 11.8 Å². The zero-order valence-corrected chi connectivity index (χ0v) is 17.0. The molecule has 0 unspecified atom stereocenters. The van der Waals surface area contributed by atoms with Crippen LogP contribution in [0.1, 0.15) is 31.9 Å². The predicted octanol–water partition coefficient (Wildman–Crippen LogP) is 2.59. The number of benzene rings is 1. The van der Waals surface area contributed by atoms with Gasteiger partial charge in [-0.15, -0.1) is 0 Å². The van der Waals surface area contributed by atoms with E-state index in [0.717, 1.165) is 5.56 Å². The van der Waals surface area contributed by atoms with Crippen molar-refractivity contribution in [1.29, 1.82) is 0 Å². The number of hydrogen-bond donors (Lipinski definition) is 0. The van der Waals surface area contributed by atoms with Crippen LogP contribution >= 0.6 is 0 Å². The fourth-order valence-corrected chi connectivity index (χ4v) is 3.78. The van der Waals surface area contributed by atoms with Crippen LogP contribution in [0.15, 0.2) is 24.3 Å². The van der Waals surface area contributed by atoms with Crippen LogP contribution in [0.2, 0.25) is 0 Å². The normalized spacial score (nSPS) is 21.5. The molecule has 0 aromatic heterocycles. The molecular formula is C19H29NO5S. The van der Waals surface area contributed by atoms with Crippen molar-refractivity contribution in [3.05, 3.63) is 35.4 Å². The van der Waals surface area contributed by atoms with Gasteiger partial charge in [-0.3, -0.25) is 4.90 Å². The Morgan fingerprint density at radius 1 is 1.27 bits per heavy atom. The van der Waals surface area contributed by atoms with Gasteiger partial charge in [0.25, 0.3) is 0 Å². The van der Waals surface area contributed by atoms with E-state index in [-0.39, 0.29) is 24.9 Å². The molecule has 0 N–H and O–H groups in total. The SMILES string of the molecule is Cc1ccc(C[C@H]2CO[C@@H](CS(C)(=O)=O)CN2C(=O)OC(C)(C)C)cc1. The second-order valence-corrected chi connectivity index (χ2v) is 10.2. The largest absolute Gasteiger partial charge is 0.444 e. The fraction of sp³-hybridized carbons (Fsp3) is 0.632. The Labute approximate surface area is 156 Å². The molecule has 0 saturated carbocycles. The summed E-state index contributed by atoms with van der Waals surface area (Å²) in [5, 5.41) is 0. The lowest BCUT2D eigenvalue weighted by molar-refractivity contribution is -0.0618. The molecule has 1 aromatic rings. The minimum atomic E-state index is -3.19. The number of hydrogen-bond acceptors (Lipinski definition) is 5. The van der Waals surface area contributed by atoms with E-state index < -0.39 is 27.6 Å². The smallest absolute Gasteiger partial charge is 0.410 e. The highest BCUT2D eigenvalue weighted by Crippen LogP contribution is 2.21. The molecule has 146 valence electrons. The van der Waals surface area contributed by atoms with Gasteiger partial charge in [0.15, 0.2) is 0 Å². The molecule has 1 aromatic carbocycles. The van der Waals surface area contributed by atoms with Gasteiger partial charge < -0.3 is 9.47 Å². The summed E-state index contributed by atoms with van der Waals surface area (Å²) in [7, 11) is -3.19. The number of nitrogens with zero attached hydrogens (tertiary/aromatic N) is 1. The average Bonchev–Trinajstić information content (AvgIpc) is 2.47. The number of sulfone groups is 1. The summed E-state index contributed by atoms with van der Waals surface area (Å²) in [5.41, 5.74) is 1.65. The Balaban J connectivity index is 2.16. The van der Waals surface area contributed by atoms with Gasteiger partial charge in [0, 0.05) is 6.26 Å². The van der Waals surface area contributed by atoms with Crippen molar-refractivity contribution in [3.63, 3.8) is 0 Å². The van der Waals surface area contributed by atoms with Gasteiger partial charge in [0.2, 0.25) is 0 Å². The molecule has 1 saturated heterocycles. The second kappa shape index (κ2) is 7.96. The number of carbonyl (C=O) groups excluding carboxylic acids is 1. The molecule has 0 spiro atoms. The summed E-state index contributed by atoms with van der Waals surface area (Å²) in [6.07, 6.45) is 0.834. The molecule has 7 heteroatoms. The van der Waals surface area contributed by atoms with Gasteiger partial charge in [0.05, 0.1) is 31.1 Å². The van der Waals surface area contributed by atoms with Crippen molar-refractivity contribution in [1.82, 2.24) is 4.90 Å². The summed E-state index contributed by atoms with van der Waals surface area (Å²) < 4.78 is 34.5. The monoisotopic (exact) mass is 383 g/mol. The lowest BCUT2D eigenvalue weighted by Crippen LogP contribution is -2.55. The van der Waals surface area contributed by atoms with E-state index in [1.807, 2.05) is 52.0 Å². The second-order valence-electron chi connectivity index (χ2n) is 8.02. The zero-order valence-electron chi connectivity index (χ0n) is 16.2. The highest BCUT2D eigenvalue weighted by atomic mass is 32.2. The number of carbonyl (C=O) groups is 1. The van der Waals surface area contributed by atoms with E-state index in [0.29, 0.717) is 6.42 Å². The third-order valence-electron chi connectivity index (χ3n) is 4.07. The minimum Gasteiger partial charge on any atom is -0.444 e. The van der Waals surface area contributed by atoms with Crippen LogP contribution in [0, 0.1) is 6.92 Å². The molecule has 0 bridgehead atoms. The van der Waals surface area contributed by atoms with E-state index in [9.17, 15) is 13.2 Å². The molecule has 0 radical (unpaired) electrons. The zero-order chi connectivity index (χ0) is 19.5. The molecule has 2 rings (SSSR count). The van der Waals surface area contributed by atoms with Crippen LogP contribution in [-0.4, -0.2) is 62.3 Å². The highest BCUT2D eigenvalue weighted by molar-refractivity contribution is 7.90. The Kier molecular flexibility index (Phi) is 6.34. The first-order chi connectivity index (χ1) is 11.9. The van der Waals surface area contributed by atoms with Gasteiger partial charge in [-0.25, -0.2) is 13.2 Å².